The first-order valence-electron chi connectivity index (χ1n) is 2.47. The van der Waals surface area contributed by atoms with Gasteiger partial charge in [-0.1, -0.05) is 6.42 Å². The SMILES string of the molecule is [CH]CCCC[C]=O. The third-order valence-corrected chi connectivity index (χ3v) is 0.733. The summed E-state index contributed by atoms with van der Waals surface area (Å²) in [6.07, 6.45) is 4.85. The molecule has 0 amide bonds. The van der Waals surface area contributed by atoms with E-state index in [0.717, 1.165) is 12.8 Å². The molecule has 0 aliphatic carbocycles. The Bertz CT molecular complexity index is 41.4. The van der Waals surface area contributed by atoms with E-state index in [2.05, 4.69) is 0 Å². The maximum atomic E-state index is 9.51. The summed E-state index contributed by atoms with van der Waals surface area (Å²) in [5, 5.41) is 0. The predicted molar refractivity (Wildman–Crippen MR) is 28.5 cm³/mol. The Hall–Kier alpha value is -0.330. The maximum absolute atomic E-state index is 9.51. The highest BCUT2D eigenvalue weighted by Crippen LogP contribution is 1.94. The van der Waals surface area contributed by atoms with E-state index in [1.54, 1.807) is 6.29 Å². The zero-order chi connectivity index (χ0) is 5.54. The fraction of sp³-hybridized carbons (Fsp3) is 0.667. The van der Waals surface area contributed by atoms with Gasteiger partial charge in [-0.05, 0) is 19.8 Å². The molecule has 0 aromatic heterocycles. The topological polar surface area (TPSA) is 17.1 Å². The van der Waals surface area contributed by atoms with Crippen molar-refractivity contribution in [3.8, 4) is 0 Å². The Balaban J connectivity index is 2.56. The Morgan fingerprint density at radius 3 is 2.57 bits per heavy atom. The first-order chi connectivity index (χ1) is 3.41. The van der Waals surface area contributed by atoms with Crippen LogP contribution in [-0.2, 0) is 4.79 Å². The van der Waals surface area contributed by atoms with Crippen LogP contribution >= 0.6 is 0 Å². The summed E-state index contributed by atoms with van der Waals surface area (Å²) < 4.78 is 0. The lowest BCUT2D eigenvalue weighted by atomic mass is 10.2. The second kappa shape index (κ2) is 5.67. The Kier molecular flexibility index (Phi) is 5.40. The van der Waals surface area contributed by atoms with Crippen LogP contribution in [0.5, 0.6) is 0 Å². The summed E-state index contributed by atoms with van der Waals surface area (Å²) in [6.45, 7) is 5.14. The van der Waals surface area contributed by atoms with E-state index < -0.39 is 0 Å². The van der Waals surface area contributed by atoms with Crippen LogP contribution in [0.15, 0.2) is 0 Å². The summed E-state index contributed by atoms with van der Waals surface area (Å²) >= 11 is 0. The van der Waals surface area contributed by atoms with Crippen LogP contribution in [0.25, 0.3) is 0 Å². The maximum Gasteiger partial charge on any atom is 0.198 e. The third kappa shape index (κ3) is 5.67. The van der Waals surface area contributed by atoms with Gasteiger partial charge in [-0.3, -0.25) is 4.79 Å². The Labute approximate surface area is 44.7 Å². The standard InChI is InChI=1S/C6H9O/c1-2-3-4-5-6-7/h1H,2-5H2. The van der Waals surface area contributed by atoms with E-state index in [-0.39, 0.29) is 0 Å². The number of rotatable bonds is 4. The smallest absolute Gasteiger partial charge is 0.198 e. The van der Waals surface area contributed by atoms with Crippen LogP contribution in [0.2, 0.25) is 0 Å². The molecule has 0 unspecified atom stereocenters. The fourth-order valence-electron chi connectivity index (χ4n) is 0.342. The predicted octanol–water partition coefficient (Wildman–Crippen LogP) is 1.37. The quantitative estimate of drug-likeness (QED) is 0.484. The number of carbonyl (C=O) groups excluding carboxylic acids is 1. The van der Waals surface area contributed by atoms with Gasteiger partial charge >= 0.3 is 0 Å². The molecule has 0 spiro atoms. The van der Waals surface area contributed by atoms with Gasteiger partial charge < -0.3 is 0 Å². The van der Waals surface area contributed by atoms with Crippen molar-refractivity contribution < 1.29 is 4.79 Å². The molecule has 0 N–H and O–H groups in total. The van der Waals surface area contributed by atoms with Crippen molar-refractivity contribution in [1.29, 1.82) is 0 Å². The second-order valence-corrected chi connectivity index (χ2v) is 1.39. The van der Waals surface area contributed by atoms with E-state index >= 15 is 0 Å². The highest BCUT2D eigenvalue weighted by atomic mass is 16.1. The molecule has 0 heterocycles. The molecule has 0 rings (SSSR count). The molecular weight excluding hydrogens is 88.1 g/mol. The Morgan fingerprint density at radius 1 is 1.43 bits per heavy atom. The molecule has 7 heavy (non-hydrogen) atoms. The van der Waals surface area contributed by atoms with Crippen LogP contribution in [0, 0.1) is 6.92 Å². The van der Waals surface area contributed by atoms with Crippen LogP contribution in [0.1, 0.15) is 25.7 Å². The van der Waals surface area contributed by atoms with Crippen molar-refractivity contribution in [2.75, 3.05) is 0 Å². The van der Waals surface area contributed by atoms with Crippen LogP contribution in [0.3, 0.4) is 0 Å². The third-order valence-electron chi connectivity index (χ3n) is 0.733. The summed E-state index contributed by atoms with van der Waals surface area (Å²) in [7, 11) is 0. The summed E-state index contributed by atoms with van der Waals surface area (Å²) in [4.78, 5) is 9.51. The molecule has 1 heteroatoms. The van der Waals surface area contributed by atoms with Crippen LogP contribution in [0.4, 0.5) is 0 Å². The minimum Gasteiger partial charge on any atom is -0.291 e. The molecule has 0 atom stereocenters. The zero-order valence-corrected chi connectivity index (χ0v) is 4.31. The molecule has 3 radical (unpaired) electrons. The second-order valence-electron chi connectivity index (χ2n) is 1.39. The molecule has 0 aliphatic heterocycles. The zero-order valence-electron chi connectivity index (χ0n) is 4.31. The van der Waals surface area contributed by atoms with Crippen molar-refractivity contribution in [3.63, 3.8) is 0 Å². The van der Waals surface area contributed by atoms with Crippen molar-refractivity contribution >= 4 is 6.29 Å². The highest BCUT2D eigenvalue weighted by molar-refractivity contribution is 5.50. The monoisotopic (exact) mass is 97.1 g/mol. The minimum atomic E-state index is 0.539. The van der Waals surface area contributed by atoms with Gasteiger partial charge in [-0.15, -0.1) is 0 Å². The van der Waals surface area contributed by atoms with Crippen LogP contribution in [-0.4, -0.2) is 6.29 Å². The number of hydrogen-bond donors (Lipinski definition) is 0. The molecular formula is C6H9O. The normalized spacial score (nSPS) is 8.71. The van der Waals surface area contributed by atoms with E-state index in [1.807, 2.05) is 0 Å². The highest BCUT2D eigenvalue weighted by Gasteiger charge is 1.81. The molecule has 1 nitrogen and oxygen atoms in total. The van der Waals surface area contributed by atoms with Crippen molar-refractivity contribution in [1.82, 2.24) is 0 Å². The van der Waals surface area contributed by atoms with Gasteiger partial charge in [0.05, 0.1) is 0 Å². The largest absolute Gasteiger partial charge is 0.291 e. The molecule has 0 saturated carbocycles. The molecule has 0 fully saturated rings. The number of unbranched alkanes of at least 4 members (excludes halogenated alkanes) is 3. The van der Waals surface area contributed by atoms with Gasteiger partial charge in [0, 0.05) is 6.42 Å². The molecule has 0 aromatic carbocycles. The van der Waals surface area contributed by atoms with Crippen molar-refractivity contribution in [2.45, 2.75) is 25.7 Å². The lowest BCUT2D eigenvalue weighted by molar-refractivity contribution is 0.547. The molecule has 0 saturated heterocycles. The summed E-state index contributed by atoms with van der Waals surface area (Å²) in [6, 6.07) is 0. The summed E-state index contributed by atoms with van der Waals surface area (Å²) in [5.41, 5.74) is 0. The van der Waals surface area contributed by atoms with Crippen molar-refractivity contribution in [2.24, 2.45) is 0 Å². The molecule has 39 valence electrons. The summed E-state index contributed by atoms with van der Waals surface area (Å²) in [5.74, 6) is 0. The molecule has 0 aliphatic rings. The first kappa shape index (κ1) is 6.67. The van der Waals surface area contributed by atoms with Gasteiger partial charge in [0.15, 0.2) is 6.29 Å². The van der Waals surface area contributed by atoms with E-state index in [0.29, 0.717) is 12.8 Å². The van der Waals surface area contributed by atoms with Crippen LogP contribution < -0.4 is 0 Å². The average molecular weight is 97.1 g/mol. The van der Waals surface area contributed by atoms with Gasteiger partial charge in [0.2, 0.25) is 0 Å². The van der Waals surface area contributed by atoms with E-state index in [9.17, 15) is 4.79 Å². The van der Waals surface area contributed by atoms with Gasteiger partial charge in [0.25, 0.3) is 0 Å². The van der Waals surface area contributed by atoms with E-state index in [4.69, 9.17) is 6.92 Å². The minimum absolute atomic E-state index is 0.539. The van der Waals surface area contributed by atoms with E-state index in [1.165, 1.54) is 0 Å². The first-order valence-corrected chi connectivity index (χ1v) is 2.47. The van der Waals surface area contributed by atoms with Gasteiger partial charge in [-0.2, -0.15) is 0 Å². The van der Waals surface area contributed by atoms with Gasteiger partial charge in [0.1, 0.15) is 0 Å². The van der Waals surface area contributed by atoms with Gasteiger partial charge in [-0.25, -0.2) is 0 Å². The average Bonchev–Trinajstić information content (AvgIpc) is 1.69. The Morgan fingerprint density at radius 2 is 2.14 bits per heavy atom. The molecule has 0 aromatic rings. The molecule has 0 bridgehead atoms. The lowest BCUT2D eigenvalue weighted by Gasteiger charge is -1.84. The lowest BCUT2D eigenvalue weighted by Crippen LogP contribution is -1.73. The van der Waals surface area contributed by atoms with Crippen molar-refractivity contribution in [3.05, 3.63) is 6.92 Å². The number of hydrogen-bond acceptors (Lipinski definition) is 1. The fourth-order valence-corrected chi connectivity index (χ4v) is 0.342.